The normalized spacial score (nSPS) is 15.0. The number of amides is 1. The number of hydrogen-bond donors (Lipinski definition) is 1. The van der Waals surface area contributed by atoms with E-state index < -0.39 is 10.0 Å². The number of carbonyl (C=O) groups is 1. The standard InChI is InChI=1S/C21H23N5O3S3/c1-2-26-18-7-6-16(32(28,29)25-9-4-3-5-10-25)12-17(18)23-21(26)31-14-19(27)24-20-15(13-22)8-11-30-20/h6-8,11-12H,2-5,9-10,14H2,1H3,(H,24,27). The number of sulfonamides is 1. The molecule has 2 aromatic heterocycles. The van der Waals surface area contributed by atoms with Crippen LogP contribution in [-0.4, -0.2) is 47.0 Å². The average molecular weight is 490 g/mol. The highest BCUT2D eigenvalue weighted by Crippen LogP contribution is 2.29. The predicted octanol–water partition coefficient (Wildman–Crippen LogP) is 3.89. The summed E-state index contributed by atoms with van der Waals surface area (Å²) in [6.45, 7) is 3.73. The van der Waals surface area contributed by atoms with Crippen molar-refractivity contribution in [2.24, 2.45) is 0 Å². The number of nitrogens with zero attached hydrogens (tertiary/aromatic N) is 4. The molecule has 3 heterocycles. The average Bonchev–Trinajstić information content (AvgIpc) is 3.40. The first-order valence-electron chi connectivity index (χ1n) is 10.3. The van der Waals surface area contributed by atoms with Crippen LogP contribution in [0.3, 0.4) is 0 Å². The molecular weight excluding hydrogens is 466 g/mol. The van der Waals surface area contributed by atoms with Crippen LogP contribution in [0.2, 0.25) is 0 Å². The van der Waals surface area contributed by atoms with Gasteiger partial charge in [0.1, 0.15) is 11.1 Å². The molecule has 11 heteroatoms. The van der Waals surface area contributed by atoms with Gasteiger partial charge in [-0.2, -0.15) is 9.57 Å². The fraction of sp³-hybridized carbons (Fsp3) is 0.381. The highest BCUT2D eigenvalue weighted by Gasteiger charge is 2.26. The maximum absolute atomic E-state index is 13.0. The number of aromatic nitrogens is 2. The minimum atomic E-state index is -3.54. The maximum Gasteiger partial charge on any atom is 0.243 e. The monoisotopic (exact) mass is 489 g/mol. The molecule has 1 aliphatic heterocycles. The molecule has 1 aromatic carbocycles. The van der Waals surface area contributed by atoms with Crippen molar-refractivity contribution in [3.05, 3.63) is 35.2 Å². The van der Waals surface area contributed by atoms with E-state index in [1.165, 1.54) is 23.1 Å². The van der Waals surface area contributed by atoms with Gasteiger partial charge in [-0.15, -0.1) is 11.3 Å². The number of imidazole rings is 1. The van der Waals surface area contributed by atoms with Crippen LogP contribution in [0.5, 0.6) is 0 Å². The minimum Gasteiger partial charge on any atom is -0.319 e. The van der Waals surface area contributed by atoms with E-state index in [1.807, 2.05) is 11.5 Å². The molecule has 0 unspecified atom stereocenters. The number of aryl methyl sites for hydroxylation is 1. The van der Waals surface area contributed by atoms with Crippen LogP contribution < -0.4 is 5.32 Å². The molecule has 3 aromatic rings. The summed E-state index contributed by atoms with van der Waals surface area (Å²) < 4.78 is 29.6. The van der Waals surface area contributed by atoms with Gasteiger partial charge in [-0.1, -0.05) is 18.2 Å². The molecule has 32 heavy (non-hydrogen) atoms. The first-order valence-corrected chi connectivity index (χ1v) is 13.6. The third-order valence-corrected chi connectivity index (χ3v) is 9.03. The molecule has 0 saturated carbocycles. The molecule has 0 radical (unpaired) electrons. The van der Waals surface area contributed by atoms with Crippen molar-refractivity contribution in [2.45, 2.75) is 42.8 Å². The molecule has 0 spiro atoms. The van der Waals surface area contributed by atoms with E-state index in [4.69, 9.17) is 5.26 Å². The number of thioether (sulfide) groups is 1. The van der Waals surface area contributed by atoms with E-state index >= 15 is 0 Å². The Kier molecular flexibility index (Phi) is 6.85. The number of rotatable bonds is 7. The van der Waals surface area contributed by atoms with Crippen LogP contribution in [0.4, 0.5) is 5.00 Å². The van der Waals surface area contributed by atoms with Gasteiger partial charge in [0.05, 0.1) is 27.2 Å². The topological polar surface area (TPSA) is 108 Å². The summed E-state index contributed by atoms with van der Waals surface area (Å²) in [5.74, 6) is -0.0950. The van der Waals surface area contributed by atoms with Crippen molar-refractivity contribution < 1.29 is 13.2 Å². The summed E-state index contributed by atoms with van der Waals surface area (Å²) in [7, 11) is -3.54. The van der Waals surface area contributed by atoms with Crippen LogP contribution in [0.1, 0.15) is 31.7 Å². The zero-order valence-corrected chi connectivity index (χ0v) is 20.0. The van der Waals surface area contributed by atoms with Gasteiger partial charge in [0, 0.05) is 19.6 Å². The highest BCUT2D eigenvalue weighted by atomic mass is 32.2. The van der Waals surface area contributed by atoms with E-state index in [1.54, 1.807) is 34.0 Å². The number of nitriles is 1. The third kappa shape index (κ3) is 4.54. The van der Waals surface area contributed by atoms with Crippen LogP contribution in [0.25, 0.3) is 11.0 Å². The largest absolute Gasteiger partial charge is 0.319 e. The van der Waals surface area contributed by atoms with Crippen molar-refractivity contribution in [1.82, 2.24) is 13.9 Å². The van der Waals surface area contributed by atoms with E-state index in [2.05, 4.69) is 16.4 Å². The van der Waals surface area contributed by atoms with Crippen LogP contribution in [0.15, 0.2) is 39.7 Å². The number of thiophene rings is 1. The molecule has 1 fully saturated rings. The lowest BCUT2D eigenvalue weighted by Gasteiger charge is -2.25. The Bertz CT molecular complexity index is 1280. The molecule has 168 valence electrons. The first-order chi connectivity index (χ1) is 15.4. The predicted molar refractivity (Wildman–Crippen MR) is 126 cm³/mol. The summed E-state index contributed by atoms with van der Waals surface area (Å²) in [6, 6.07) is 8.77. The Morgan fingerprint density at radius 2 is 2.06 bits per heavy atom. The summed E-state index contributed by atoms with van der Waals surface area (Å²) in [5.41, 5.74) is 1.87. The van der Waals surface area contributed by atoms with E-state index in [0.29, 0.717) is 40.9 Å². The highest BCUT2D eigenvalue weighted by molar-refractivity contribution is 7.99. The number of carbonyl (C=O) groups excluding carboxylic acids is 1. The quantitative estimate of drug-likeness (QED) is 0.505. The van der Waals surface area contributed by atoms with Crippen molar-refractivity contribution >= 4 is 55.1 Å². The Morgan fingerprint density at radius 3 is 2.78 bits per heavy atom. The Balaban J connectivity index is 1.53. The van der Waals surface area contributed by atoms with Gasteiger partial charge in [0.25, 0.3) is 0 Å². The summed E-state index contributed by atoms with van der Waals surface area (Å²) >= 11 is 2.59. The second-order valence-corrected chi connectivity index (χ2v) is 11.2. The summed E-state index contributed by atoms with van der Waals surface area (Å²) in [5, 5.41) is 14.8. The molecule has 0 aliphatic carbocycles. The molecular formula is C21H23N5O3S3. The summed E-state index contributed by atoms with van der Waals surface area (Å²) in [4.78, 5) is 17.2. The molecule has 1 aliphatic rings. The van der Waals surface area contributed by atoms with Gasteiger partial charge in [-0.05, 0) is 49.4 Å². The van der Waals surface area contributed by atoms with Gasteiger partial charge < -0.3 is 9.88 Å². The molecule has 8 nitrogen and oxygen atoms in total. The Hall–Kier alpha value is -2.39. The lowest BCUT2D eigenvalue weighted by molar-refractivity contribution is -0.113. The fourth-order valence-electron chi connectivity index (χ4n) is 3.70. The van der Waals surface area contributed by atoms with Crippen LogP contribution in [0, 0.1) is 11.3 Å². The zero-order valence-electron chi connectivity index (χ0n) is 17.6. The SMILES string of the molecule is CCn1c(SCC(=O)Nc2sccc2C#N)nc2cc(S(=O)(=O)N3CCCCC3)ccc21. The van der Waals surface area contributed by atoms with Crippen molar-refractivity contribution in [1.29, 1.82) is 5.26 Å². The van der Waals surface area contributed by atoms with Crippen LogP contribution >= 0.6 is 23.1 Å². The summed E-state index contributed by atoms with van der Waals surface area (Å²) in [6.07, 6.45) is 2.83. The number of hydrogen-bond acceptors (Lipinski definition) is 7. The number of anilines is 1. The molecule has 0 atom stereocenters. The van der Waals surface area contributed by atoms with Gasteiger partial charge in [0.15, 0.2) is 5.16 Å². The third-order valence-electron chi connectivity index (χ3n) is 5.32. The number of piperidine rings is 1. The van der Waals surface area contributed by atoms with Gasteiger partial charge in [-0.25, -0.2) is 13.4 Å². The number of nitrogens with one attached hydrogen (secondary N) is 1. The van der Waals surface area contributed by atoms with Gasteiger partial charge in [0.2, 0.25) is 15.9 Å². The Morgan fingerprint density at radius 1 is 1.28 bits per heavy atom. The molecule has 0 bridgehead atoms. The van der Waals surface area contributed by atoms with Crippen molar-refractivity contribution in [2.75, 3.05) is 24.2 Å². The van der Waals surface area contributed by atoms with Crippen molar-refractivity contribution in [3.63, 3.8) is 0 Å². The first kappa shape index (κ1) is 22.8. The molecule has 1 N–H and O–H groups in total. The Labute approximate surface area is 195 Å². The second-order valence-electron chi connectivity index (χ2n) is 7.37. The maximum atomic E-state index is 13.0. The van der Waals surface area contributed by atoms with Gasteiger partial charge >= 0.3 is 0 Å². The van der Waals surface area contributed by atoms with Gasteiger partial charge in [-0.3, -0.25) is 4.79 Å². The number of fused-ring (bicyclic) bond motifs is 1. The fourth-order valence-corrected chi connectivity index (χ4v) is 6.87. The lowest BCUT2D eigenvalue weighted by Crippen LogP contribution is -2.35. The smallest absolute Gasteiger partial charge is 0.243 e. The second kappa shape index (κ2) is 9.62. The molecule has 4 rings (SSSR count). The van der Waals surface area contributed by atoms with Crippen LogP contribution in [-0.2, 0) is 21.4 Å². The lowest BCUT2D eigenvalue weighted by atomic mass is 10.2. The number of benzene rings is 1. The molecule has 1 amide bonds. The van der Waals surface area contributed by atoms with E-state index in [9.17, 15) is 13.2 Å². The van der Waals surface area contributed by atoms with E-state index in [0.717, 1.165) is 24.8 Å². The zero-order chi connectivity index (χ0) is 22.7. The molecule has 1 saturated heterocycles. The van der Waals surface area contributed by atoms with E-state index in [-0.39, 0.29) is 16.6 Å². The van der Waals surface area contributed by atoms with Crippen molar-refractivity contribution in [3.8, 4) is 6.07 Å². The minimum absolute atomic E-state index is 0.130.